The maximum atomic E-state index is 13.4. The van der Waals surface area contributed by atoms with Gasteiger partial charge in [-0.15, -0.1) is 0 Å². The minimum atomic E-state index is -3.75. The van der Waals surface area contributed by atoms with Crippen molar-refractivity contribution in [1.29, 1.82) is 0 Å². The summed E-state index contributed by atoms with van der Waals surface area (Å²) in [5, 5.41) is 2.98. The average molecular weight is 601 g/mol. The van der Waals surface area contributed by atoms with Crippen LogP contribution < -0.4 is 10.0 Å². The Hall–Kier alpha value is -3.28. The van der Waals surface area contributed by atoms with Crippen LogP contribution in [0, 0.1) is 11.7 Å². The average Bonchev–Trinajstić information content (AvgIpc) is 3.31. The van der Waals surface area contributed by atoms with Crippen molar-refractivity contribution in [1.82, 2.24) is 19.9 Å². The zero-order valence-electron chi connectivity index (χ0n) is 23.4. The minimum absolute atomic E-state index is 0.0806. The molecular formula is C31H35F3N4O3S. The first-order valence-corrected chi connectivity index (χ1v) is 15.7. The molecule has 2 fully saturated rings. The van der Waals surface area contributed by atoms with Crippen molar-refractivity contribution in [2.75, 3.05) is 13.1 Å². The van der Waals surface area contributed by atoms with Gasteiger partial charge in [0.1, 0.15) is 5.82 Å². The van der Waals surface area contributed by atoms with E-state index in [-0.39, 0.29) is 47.6 Å². The van der Waals surface area contributed by atoms with Crippen molar-refractivity contribution in [3.8, 4) is 11.3 Å². The maximum absolute atomic E-state index is 13.4. The molecule has 2 aliphatic rings. The number of nitrogens with one attached hydrogen (secondary N) is 2. The summed E-state index contributed by atoms with van der Waals surface area (Å²) in [4.78, 5) is 19.1. The second-order valence-corrected chi connectivity index (χ2v) is 13.1. The number of sulfonamides is 1. The Kier molecular flexibility index (Phi) is 9.00. The molecule has 11 heteroatoms. The number of rotatable bonds is 9. The van der Waals surface area contributed by atoms with Crippen LogP contribution in [0.5, 0.6) is 0 Å². The first-order chi connectivity index (χ1) is 20.0. The van der Waals surface area contributed by atoms with Gasteiger partial charge in [0, 0.05) is 43.2 Å². The van der Waals surface area contributed by atoms with Gasteiger partial charge in [0.15, 0.2) is 0 Å². The number of nitrogens with zero attached hydrogens (tertiary/aromatic N) is 2. The van der Waals surface area contributed by atoms with Crippen LogP contribution in [0.4, 0.5) is 13.2 Å². The van der Waals surface area contributed by atoms with E-state index in [1.807, 2.05) is 13.0 Å². The van der Waals surface area contributed by atoms with Crippen molar-refractivity contribution in [3.05, 3.63) is 83.8 Å². The van der Waals surface area contributed by atoms with Crippen LogP contribution in [-0.2, 0) is 21.4 Å². The van der Waals surface area contributed by atoms with Crippen LogP contribution in [-0.4, -0.2) is 49.3 Å². The van der Waals surface area contributed by atoms with E-state index in [9.17, 15) is 26.4 Å². The van der Waals surface area contributed by atoms with Crippen LogP contribution in [0.25, 0.3) is 11.3 Å². The molecule has 1 saturated heterocycles. The van der Waals surface area contributed by atoms with E-state index >= 15 is 0 Å². The Bertz CT molecular complexity index is 1480. The Morgan fingerprint density at radius 3 is 2.31 bits per heavy atom. The second-order valence-electron chi connectivity index (χ2n) is 11.3. The van der Waals surface area contributed by atoms with Crippen LogP contribution in [0.1, 0.15) is 56.2 Å². The van der Waals surface area contributed by atoms with E-state index in [2.05, 4.69) is 15.0 Å². The fourth-order valence-corrected chi connectivity index (χ4v) is 6.93. The fourth-order valence-electron chi connectivity index (χ4n) is 5.62. The van der Waals surface area contributed by atoms with Gasteiger partial charge in [-0.1, -0.05) is 30.3 Å². The molecule has 224 valence electrons. The standard InChI is InChI=1S/C31H35F3N4O3S/c1-21(23-3-9-26(32)10-4-23)36-30(39)25-5-11-27(12-6-25)37-42(40,41)28-13-7-24(8-14-28)29-15-2-22(18-35-29)19-38-17-16-31(33,34)20-38/h2-4,7-10,13-15,18,21,25,27,37H,5-6,11-12,16-17,19-20H2,1H3,(H,36,39)/t21-,25?,27?/m1/s1. The smallest absolute Gasteiger partial charge is 0.261 e. The van der Waals surface area contributed by atoms with Gasteiger partial charge < -0.3 is 5.32 Å². The summed E-state index contributed by atoms with van der Waals surface area (Å²) in [7, 11) is -3.75. The highest BCUT2D eigenvalue weighted by molar-refractivity contribution is 7.89. The SMILES string of the molecule is C[C@@H](NC(=O)C1CCC(NS(=O)(=O)c2ccc(-c3ccc(CN4CCC(F)(F)C4)cn3)cc2)CC1)c1ccc(F)cc1. The Labute approximate surface area is 244 Å². The van der Waals surface area contributed by atoms with Crippen molar-refractivity contribution in [3.63, 3.8) is 0 Å². The monoisotopic (exact) mass is 600 g/mol. The molecule has 0 radical (unpaired) electrons. The van der Waals surface area contributed by atoms with Gasteiger partial charge in [0.2, 0.25) is 15.9 Å². The summed E-state index contributed by atoms with van der Waals surface area (Å²) in [5.74, 6) is -3.25. The number of hydrogen-bond acceptors (Lipinski definition) is 5. The van der Waals surface area contributed by atoms with Gasteiger partial charge in [0.05, 0.1) is 23.2 Å². The van der Waals surface area contributed by atoms with E-state index in [4.69, 9.17) is 0 Å². The molecular weight excluding hydrogens is 565 g/mol. The fraction of sp³-hybridized carbons (Fsp3) is 0.419. The van der Waals surface area contributed by atoms with E-state index in [1.165, 1.54) is 24.3 Å². The van der Waals surface area contributed by atoms with Crippen molar-refractivity contribution >= 4 is 15.9 Å². The highest BCUT2D eigenvalue weighted by Gasteiger charge is 2.38. The first-order valence-electron chi connectivity index (χ1n) is 14.2. The quantitative estimate of drug-likeness (QED) is 0.341. The summed E-state index contributed by atoms with van der Waals surface area (Å²) in [6, 6.07) is 15.6. The first kappa shape index (κ1) is 30.2. The van der Waals surface area contributed by atoms with Crippen LogP contribution >= 0.6 is 0 Å². The highest BCUT2D eigenvalue weighted by Crippen LogP contribution is 2.29. The number of carbonyl (C=O) groups is 1. The van der Waals surface area contributed by atoms with Gasteiger partial charge >= 0.3 is 0 Å². The predicted octanol–water partition coefficient (Wildman–Crippen LogP) is 5.44. The Morgan fingerprint density at radius 2 is 1.71 bits per heavy atom. The number of likely N-dealkylation sites (tertiary alicyclic amines) is 1. The summed E-state index contributed by atoms with van der Waals surface area (Å²) < 4.78 is 69.0. The molecule has 2 N–H and O–H groups in total. The molecule has 3 aromatic rings. The third kappa shape index (κ3) is 7.56. The van der Waals surface area contributed by atoms with E-state index in [1.54, 1.807) is 41.4 Å². The molecule has 2 aromatic carbocycles. The van der Waals surface area contributed by atoms with Gasteiger partial charge in [-0.05, 0) is 74.1 Å². The molecule has 1 aliphatic carbocycles. The molecule has 7 nitrogen and oxygen atoms in total. The Morgan fingerprint density at radius 1 is 1.02 bits per heavy atom. The molecule has 0 unspecified atom stereocenters. The van der Waals surface area contributed by atoms with E-state index in [0.29, 0.717) is 44.5 Å². The normalized spacial score (nSPS) is 21.6. The molecule has 2 heterocycles. The number of amides is 1. The molecule has 1 atom stereocenters. The van der Waals surface area contributed by atoms with Gasteiger partial charge in [-0.3, -0.25) is 14.7 Å². The second kappa shape index (κ2) is 12.5. The third-order valence-electron chi connectivity index (χ3n) is 8.09. The molecule has 1 amide bonds. The van der Waals surface area contributed by atoms with Gasteiger partial charge in [-0.2, -0.15) is 0 Å². The Balaban J connectivity index is 1.11. The van der Waals surface area contributed by atoms with Crippen molar-refractivity contribution in [2.45, 2.75) is 68.5 Å². The zero-order chi connectivity index (χ0) is 29.9. The summed E-state index contributed by atoms with van der Waals surface area (Å²) in [6.07, 6.45) is 3.77. The van der Waals surface area contributed by atoms with Crippen LogP contribution in [0.15, 0.2) is 71.8 Å². The number of pyridine rings is 1. The van der Waals surface area contributed by atoms with Crippen LogP contribution in [0.3, 0.4) is 0 Å². The number of aromatic nitrogens is 1. The topological polar surface area (TPSA) is 91.4 Å². The number of halogens is 3. The molecule has 0 spiro atoms. The third-order valence-corrected chi connectivity index (χ3v) is 9.62. The van der Waals surface area contributed by atoms with Gasteiger partial charge in [-0.25, -0.2) is 26.3 Å². The molecule has 5 rings (SSSR count). The molecule has 1 aromatic heterocycles. The number of carbonyl (C=O) groups excluding carboxylic acids is 1. The lowest BCUT2D eigenvalue weighted by molar-refractivity contribution is -0.126. The molecule has 1 aliphatic heterocycles. The van der Waals surface area contributed by atoms with E-state index in [0.717, 1.165) is 16.7 Å². The summed E-state index contributed by atoms with van der Waals surface area (Å²) in [6.45, 7) is 2.37. The number of benzene rings is 2. The summed E-state index contributed by atoms with van der Waals surface area (Å²) >= 11 is 0. The lowest BCUT2D eigenvalue weighted by Crippen LogP contribution is -2.41. The lowest BCUT2D eigenvalue weighted by Gasteiger charge is -2.29. The van der Waals surface area contributed by atoms with Crippen molar-refractivity contribution in [2.24, 2.45) is 5.92 Å². The van der Waals surface area contributed by atoms with Crippen LogP contribution in [0.2, 0.25) is 0 Å². The largest absolute Gasteiger partial charge is 0.349 e. The molecule has 42 heavy (non-hydrogen) atoms. The number of hydrogen-bond donors (Lipinski definition) is 2. The molecule has 1 saturated carbocycles. The molecule has 0 bridgehead atoms. The highest BCUT2D eigenvalue weighted by atomic mass is 32.2. The number of alkyl halides is 2. The maximum Gasteiger partial charge on any atom is 0.261 e. The zero-order valence-corrected chi connectivity index (χ0v) is 24.2. The van der Waals surface area contributed by atoms with Gasteiger partial charge in [0.25, 0.3) is 5.92 Å². The lowest BCUT2D eigenvalue weighted by atomic mass is 9.85. The summed E-state index contributed by atoms with van der Waals surface area (Å²) in [5.41, 5.74) is 3.06. The predicted molar refractivity (Wildman–Crippen MR) is 154 cm³/mol. The van der Waals surface area contributed by atoms with Crippen molar-refractivity contribution < 1.29 is 26.4 Å². The minimum Gasteiger partial charge on any atom is -0.349 e. The van der Waals surface area contributed by atoms with E-state index < -0.39 is 15.9 Å².